The Morgan fingerprint density at radius 3 is 2.88 bits per heavy atom. The van der Waals surface area contributed by atoms with Crippen LogP contribution in [0.3, 0.4) is 0 Å². The van der Waals surface area contributed by atoms with E-state index in [-0.39, 0.29) is 17.1 Å². The van der Waals surface area contributed by atoms with Gasteiger partial charge in [0.05, 0.1) is 5.69 Å². The number of likely N-dealkylation sites (N-methyl/N-ethyl adjacent to an activating group) is 1. The van der Waals surface area contributed by atoms with E-state index < -0.39 is 11.9 Å². The average Bonchev–Trinajstić information content (AvgIpc) is 3.02. The van der Waals surface area contributed by atoms with Crippen LogP contribution in [0.1, 0.15) is 42.5 Å². The third-order valence-electron chi connectivity index (χ3n) is 5.17. The first kappa shape index (κ1) is 16.7. The lowest BCUT2D eigenvalue weighted by Crippen LogP contribution is -2.47. The number of carbonyl (C=O) groups excluding carboxylic acids is 2. The highest BCUT2D eigenvalue weighted by Crippen LogP contribution is 2.46. The van der Waals surface area contributed by atoms with Gasteiger partial charge < -0.3 is 5.32 Å². The van der Waals surface area contributed by atoms with Crippen LogP contribution >= 0.6 is 0 Å². The lowest BCUT2D eigenvalue weighted by atomic mass is 10.1. The van der Waals surface area contributed by atoms with Crippen LogP contribution in [-0.4, -0.2) is 49.4 Å². The second kappa shape index (κ2) is 5.93. The summed E-state index contributed by atoms with van der Waals surface area (Å²) in [5.41, 5.74) is 1.14. The minimum Gasteiger partial charge on any atom is -0.337 e. The molecule has 0 radical (unpaired) electrons. The van der Waals surface area contributed by atoms with Crippen LogP contribution in [-0.2, 0) is 17.9 Å². The van der Waals surface area contributed by atoms with E-state index in [0.29, 0.717) is 13.0 Å². The molecule has 4 rings (SSSR count). The molecule has 2 amide bonds. The molecule has 0 saturated heterocycles. The van der Waals surface area contributed by atoms with E-state index in [4.69, 9.17) is 0 Å². The van der Waals surface area contributed by atoms with E-state index in [2.05, 4.69) is 27.4 Å². The van der Waals surface area contributed by atoms with Crippen LogP contribution in [0.15, 0.2) is 12.4 Å². The normalized spacial score (nSPS) is 21.3. The molecule has 3 heterocycles. The topological polar surface area (TPSA) is 97.9 Å². The molecule has 1 aliphatic heterocycles. The molecule has 138 valence electrons. The van der Waals surface area contributed by atoms with Gasteiger partial charge in [0, 0.05) is 26.2 Å². The minimum atomic E-state index is -0.623. The molecule has 1 atom stereocenters. The molecule has 2 aromatic heterocycles. The fourth-order valence-electron chi connectivity index (χ4n) is 3.28. The molecule has 1 N–H and O–H groups in total. The first-order valence-corrected chi connectivity index (χ1v) is 8.87. The Balaban J connectivity index is 1.44. The molecule has 1 unspecified atom stereocenters. The van der Waals surface area contributed by atoms with Gasteiger partial charge in [0.15, 0.2) is 0 Å². The number of aromatic nitrogens is 5. The van der Waals surface area contributed by atoms with Crippen LogP contribution in [0.4, 0.5) is 5.82 Å². The van der Waals surface area contributed by atoms with Gasteiger partial charge in [0.1, 0.15) is 18.2 Å². The lowest BCUT2D eigenvalue weighted by molar-refractivity contribution is -0.120. The summed E-state index contributed by atoms with van der Waals surface area (Å²) < 4.78 is 3.50. The van der Waals surface area contributed by atoms with Crippen molar-refractivity contribution in [3.05, 3.63) is 23.9 Å². The molecular formula is C17H23N7O2. The van der Waals surface area contributed by atoms with Crippen LogP contribution in [0.25, 0.3) is 0 Å². The molecule has 1 fully saturated rings. The first-order valence-electron chi connectivity index (χ1n) is 8.87. The zero-order valence-corrected chi connectivity index (χ0v) is 15.3. The zero-order chi connectivity index (χ0) is 18.5. The van der Waals surface area contributed by atoms with E-state index in [1.165, 1.54) is 17.7 Å². The van der Waals surface area contributed by atoms with Gasteiger partial charge in [-0.15, -0.1) is 5.10 Å². The molecule has 26 heavy (non-hydrogen) atoms. The summed E-state index contributed by atoms with van der Waals surface area (Å²) in [7, 11) is 1.70. The molecule has 0 spiro atoms. The number of nitrogens with zero attached hydrogens (tertiary/aromatic N) is 6. The fraction of sp³-hybridized carbons (Fsp3) is 0.588. The van der Waals surface area contributed by atoms with Crippen LogP contribution in [0.2, 0.25) is 0 Å². The third-order valence-corrected chi connectivity index (χ3v) is 5.17. The number of aryl methyl sites for hydroxylation is 2. The summed E-state index contributed by atoms with van der Waals surface area (Å²) in [6.45, 7) is 5.41. The number of carbonyl (C=O) groups is 2. The van der Waals surface area contributed by atoms with Crippen molar-refractivity contribution in [3.8, 4) is 0 Å². The van der Waals surface area contributed by atoms with Crippen molar-refractivity contribution in [2.24, 2.45) is 5.41 Å². The highest BCUT2D eigenvalue weighted by atomic mass is 16.2. The number of amides is 2. The number of rotatable bonds is 4. The summed E-state index contributed by atoms with van der Waals surface area (Å²) in [4.78, 5) is 30.8. The zero-order valence-electron chi connectivity index (χ0n) is 15.3. The van der Waals surface area contributed by atoms with Crippen molar-refractivity contribution < 1.29 is 9.59 Å². The van der Waals surface area contributed by atoms with Gasteiger partial charge in [0.2, 0.25) is 5.82 Å². The molecule has 9 heteroatoms. The van der Waals surface area contributed by atoms with Gasteiger partial charge in [-0.05, 0) is 31.6 Å². The maximum absolute atomic E-state index is 12.7. The van der Waals surface area contributed by atoms with E-state index in [9.17, 15) is 9.59 Å². The van der Waals surface area contributed by atoms with Crippen LogP contribution < -0.4 is 10.2 Å². The number of hydrogen-bond acceptors (Lipinski definition) is 5. The summed E-state index contributed by atoms with van der Waals surface area (Å²) in [5.74, 6) is 0.251. The van der Waals surface area contributed by atoms with Crippen LogP contribution in [0.5, 0.6) is 0 Å². The Morgan fingerprint density at radius 2 is 2.15 bits per heavy atom. The summed E-state index contributed by atoms with van der Waals surface area (Å²) >= 11 is 0. The molecule has 2 aromatic rings. The molecular weight excluding hydrogens is 334 g/mol. The van der Waals surface area contributed by atoms with Crippen molar-refractivity contribution in [2.45, 2.75) is 52.2 Å². The Morgan fingerprint density at radius 1 is 1.38 bits per heavy atom. The Hall–Kier alpha value is -2.71. The fourth-order valence-corrected chi connectivity index (χ4v) is 3.28. The number of fused-ring (bicyclic) bond motifs is 1. The van der Waals surface area contributed by atoms with Crippen LogP contribution in [0, 0.1) is 12.3 Å². The van der Waals surface area contributed by atoms with Gasteiger partial charge in [0.25, 0.3) is 11.8 Å². The summed E-state index contributed by atoms with van der Waals surface area (Å²) in [6.07, 6.45) is 4.40. The second-order valence-electron chi connectivity index (χ2n) is 7.66. The molecule has 2 aliphatic rings. The Kier molecular flexibility index (Phi) is 3.82. The van der Waals surface area contributed by atoms with Gasteiger partial charge in [-0.25, -0.2) is 9.67 Å². The Bertz CT molecular complexity index is 864. The Labute approximate surface area is 151 Å². The van der Waals surface area contributed by atoms with Gasteiger partial charge in [-0.1, -0.05) is 6.92 Å². The number of hydrogen-bond donors (Lipinski definition) is 1. The highest BCUT2D eigenvalue weighted by molar-refractivity contribution is 6.00. The summed E-state index contributed by atoms with van der Waals surface area (Å²) in [5, 5.41) is 11.4. The third kappa shape index (κ3) is 3.09. The van der Waals surface area contributed by atoms with E-state index in [1.807, 2.05) is 13.0 Å². The predicted octanol–water partition coefficient (Wildman–Crippen LogP) is 0.748. The maximum atomic E-state index is 12.7. The lowest BCUT2D eigenvalue weighted by Gasteiger charge is -2.19. The van der Waals surface area contributed by atoms with E-state index in [0.717, 1.165) is 18.1 Å². The van der Waals surface area contributed by atoms with Gasteiger partial charge in [-0.3, -0.25) is 19.2 Å². The highest BCUT2D eigenvalue weighted by Gasteiger charge is 2.38. The standard InChI is InChI=1S/C17H23N7O2/c1-11-8-13-22(3)16(26)12(4-7-24(13)20-11)19-15(25)14-18-10-23(21-14)9-17(2)5-6-17/h8,10,12H,4-7,9H2,1-3H3,(H,19,25). The monoisotopic (exact) mass is 357 g/mol. The van der Waals surface area contributed by atoms with Crippen molar-refractivity contribution in [1.29, 1.82) is 0 Å². The van der Waals surface area contributed by atoms with Gasteiger partial charge >= 0.3 is 0 Å². The number of anilines is 1. The van der Waals surface area contributed by atoms with E-state index >= 15 is 0 Å². The average molecular weight is 357 g/mol. The smallest absolute Gasteiger partial charge is 0.291 e. The molecule has 1 saturated carbocycles. The minimum absolute atomic E-state index is 0.0996. The number of nitrogens with one attached hydrogen (secondary N) is 1. The van der Waals surface area contributed by atoms with E-state index in [1.54, 1.807) is 22.7 Å². The van der Waals surface area contributed by atoms with Crippen molar-refractivity contribution in [2.75, 3.05) is 11.9 Å². The molecule has 1 aliphatic carbocycles. The van der Waals surface area contributed by atoms with Gasteiger partial charge in [-0.2, -0.15) is 5.10 Å². The maximum Gasteiger partial charge on any atom is 0.291 e. The van der Waals surface area contributed by atoms with Crippen molar-refractivity contribution in [1.82, 2.24) is 29.9 Å². The van der Waals surface area contributed by atoms with Crippen molar-refractivity contribution >= 4 is 17.6 Å². The molecule has 0 bridgehead atoms. The largest absolute Gasteiger partial charge is 0.337 e. The molecule has 0 aromatic carbocycles. The summed E-state index contributed by atoms with van der Waals surface area (Å²) in [6, 6.07) is 1.24. The van der Waals surface area contributed by atoms with Crippen molar-refractivity contribution in [3.63, 3.8) is 0 Å². The SMILES string of the molecule is Cc1cc2n(n1)CCC(NC(=O)c1ncn(CC3(C)CC3)n1)C(=O)N2C. The predicted molar refractivity (Wildman–Crippen MR) is 93.6 cm³/mol. The second-order valence-corrected chi connectivity index (χ2v) is 7.66. The quantitative estimate of drug-likeness (QED) is 0.871. The first-order chi connectivity index (χ1) is 12.3. The molecule has 9 nitrogen and oxygen atoms in total.